The SMILES string of the molecule is [13CH3]CC[13CH3]. The van der Waals surface area contributed by atoms with Gasteiger partial charge < -0.3 is 0 Å². The van der Waals surface area contributed by atoms with E-state index in [9.17, 15) is 0 Å². The van der Waals surface area contributed by atoms with Gasteiger partial charge in [0.15, 0.2) is 0 Å². The van der Waals surface area contributed by atoms with Crippen LogP contribution in [0.3, 0.4) is 0 Å². The Kier molecular flexibility index (Phi) is 3.00. The summed E-state index contributed by atoms with van der Waals surface area (Å²) in [7, 11) is 0. The third-order valence-electron chi connectivity index (χ3n) is 0.500. The van der Waals surface area contributed by atoms with Gasteiger partial charge in [0.1, 0.15) is 0 Å². The van der Waals surface area contributed by atoms with E-state index in [1.807, 2.05) is 0 Å². The average molecular weight is 60.1 g/mol. The molecule has 0 heteroatoms. The van der Waals surface area contributed by atoms with Crippen molar-refractivity contribution >= 4 is 0 Å². The van der Waals surface area contributed by atoms with Gasteiger partial charge in [-0.3, -0.25) is 0 Å². The predicted octanol–water partition coefficient (Wildman–Crippen LogP) is 1.81. The lowest BCUT2D eigenvalue weighted by molar-refractivity contribution is 0.886. The first-order chi connectivity index (χ1) is 1.91. The quantitative estimate of drug-likeness (QED) is 0.405. The monoisotopic (exact) mass is 60.1 g/mol. The van der Waals surface area contributed by atoms with Crippen molar-refractivity contribution in [3.05, 3.63) is 0 Å². The van der Waals surface area contributed by atoms with Crippen molar-refractivity contribution < 1.29 is 0 Å². The van der Waals surface area contributed by atoms with Gasteiger partial charge in [0.2, 0.25) is 0 Å². The van der Waals surface area contributed by atoms with Crippen molar-refractivity contribution in [1.82, 2.24) is 0 Å². The van der Waals surface area contributed by atoms with Crippen LogP contribution < -0.4 is 0 Å². The van der Waals surface area contributed by atoms with Crippen LogP contribution in [0.5, 0.6) is 0 Å². The van der Waals surface area contributed by atoms with E-state index in [-0.39, 0.29) is 0 Å². The van der Waals surface area contributed by atoms with Gasteiger partial charge in [0, 0.05) is 0 Å². The summed E-state index contributed by atoms with van der Waals surface area (Å²) >= 11 is 0. The van der Waals surface area contributed by atoms with Gasteiger partial charge in [-0.2, -0.15) is 0 Å². The summed E-state index contributed by atoms with van der Waals surface area (Å²) in [5.74, 6) is 0. The maximum absolute atomic E-state index is 2.18. The molecule has 0 aromatic carbocycles. The molecule has 0 aliphatic carbocycles. The topological polar surface area (TPSA) is 0 Å². The van der Waals surface area contributed by atoms with Crippen molar-refractivity contribution in [1.29, 1.82) is 0 Å². The highest BCUT2D eigenvalue weighted by atomic mass is 14.0. The van der Waals surface area contributed by atoms with Crippen LogP contribution in [0, 0.1) is 0 Å². The van der Waals surface area contributed by atoms with Crippen LogP contribution in [0.15, 0.2) is 0 Å². The van der Waals surface area contributed by atoms with E-state index in [1.165, 1.54) is 12.8 Å². The van der Waals surface area contributed by atoms with Crippen LogP contribution >= 0.6 is 0 Å². The number of hydrogen-bond acceptors (Lipinski definition) is 0. The van der Waals surface area contributed by atoms with E-state index in [2.05, 4.69) is 13.8 Å². The molecule has 0 aliphatic heterocycles. The van der Waals surface area contributed by atoms with Gasteiger partial charge in [-0.05, 0) is 0 Å². The molecular weight excluding hydrogens is 50.0 g/mol. The van der Waals surface area contributed by atoms with Gasteiger partial charge in [-0.15, -0.1) is 0 Å². The molecule has 0 bridgehead atoms. The molecule has 0 aromatic heterocycles. The second kappa shape index (κ2) is 3.00. The molecule has 0 amide bonds. The molecule has 0 fully saturated rings. The summed E-state index contributed by atoms with van der Waals surface area (Å²) in [6, 6.07) is 0. The summed E-state index contributed by atoms with van der Waals surface area (Å²) in [6.45, 7) is 4.36. The summed E-state index contributed by atoms with van der Waals surface area (Å²) in [5.41, 5.74) is 0. The number of unbranched alkanes of at least 4 members (excludes halogenated alkanes) is 1. The van der Waals surface area contributed by atoms with Crippen LogP contribution in [0.4, 0.5) is 0 Å². The Morgan fingerprint density at radius 1 is 1.00 bits per heavy atom. The second-order valence-corrected chi connectivity index (χ2v) is 1.000. The molecule has 0 saturated heterocycles. The Morgan fingerprint density at radius 3 is 1.25 bits per heavy atom. The number of rotatable bonds is 1. The van der Waals surface area contributed by atoms with Gasteiger partial charge in [-0.25, -0.2) is 0 Å². The molecule has 0 atom stereocenters. The van der Waals surface area contributed by atoms with Crippen LogP contribution in [0.25, 0.3) is 0 Å². The van der Waals surface area contributed by atoms with E-state index >= 15 is 0 Å². The fraction of sp³-hybridized carbons (Fsp3) is 1.00. The standard InChI is InChI=1S/C4H10/c1-3-4-2/h3-4H2,1-2H3/i1+1,2+1. The molecular formula is C4H10. The Bertz CT molecular complexity index is 2.00. The highest BCUT2D eigenvalue weighted by Crippen LogP contribution is 1.76. The van der Waals surface area contributed by atoms with Crippen molar-refractivity contribution in [3.8, 4) is 0 Å². The molecule has 0 nitrogen and oxygen atoms in total. The third-order valence-corrected chi connectivity index (χ3v) is 0.500. The van der Waals surface area contributed by atoms with Gasteiger partial charge in [0.25, 0.3) is 0 Å². The second-order valence-electron chi connectivity index (χ2n) is 1.000. The fourth-order valence-corrected chi connectivity index (χ4v) is 0. The first kappa shape index (κ1) is 4.00. The zero-order valence-electron chi connectivity index (χ0n) is 3.41. The van der Waals surface area contributed by atoms with Crippen molar-refractivity contribution in [2.45, 2.75) is 26.7 Å². The van der Waals surface area contributed by atoms with Crippen LogP contribution in [0.1, 0.15) is 26.7 Å². The molecule has 0 unspecified atom stereocenters. The molecule has 0 rings (SSSR count). The highest BCUT2D eigenvalue weighted by molar-refractivity contribution is 4.12. The van der Waals surface area contributed by atoms with E-state index in [0.717, 1.165) is 0 Å². The minimum Gasteiger partial charge on any atom is -0.0654 e. The molecule has 0 aliphatic rings. The Morgan fingerprint density at radius 2 is 1.25 bits per heavy atom. The zero-order chi connectivity index (χ0) is 3.41. The molecule has 0 N–H and O–H groups in total. The number of hydrogen-bond donors (Lipinski definition) is 0. The molecule has 0 spiro atoms. The smallest absolute Gasteiger partial charge is 0.0564 e. The molecule has 0 radical (unpaired) electrons. The minimum atomic E-state index is 1.32. The normalized spacial score (nSPS) is 7.50. The van der Waals surface area contributed by atoms with E-state index in [4.69, 9.17) is 0 Å². The lowest BCUT2D eigenvalue weighted by Crippen LogP contribution is -1.47. The van der Waals surface area contributed by atoms with Crippen molar-refractivity contribution in [2.24, 2.45) is 0 Å². The van der Waals surface area contributed by atoms with Crippen LogP contribution in [0.2, 0.25) is 0 Å². The van der Waals surface area contributed by atoms with Crippen molar-refractivity contribution in [3.63, 3.8) is 0 Å². The zero-order valence-corrected chi connectivity index (χ0v) is 3.41. The summed E-state index contributed by atoms with van der Waals surface area (Å²) < 4.78 is 0. The van der Waals surface area contributed by atoms with Crippen molar-refractivity contribution in [2.75, 3.05) is 0 Å². The molecule has 4 heavy (non-hydrogen) atoms. The largest absolute Gasteiger partial charge is 0.0654 e. The average Bonchev–Trinajstić information content (AvgIpc) is 1.37. The predicted molar refractivity (Wildman–Crippen MR) is 20.6 cm³/mol. The Hall–Kier alpha value is 0. The minimum absolute atomic E-state index is 1.32. The van der Waals surface area contributed by atoms with Gasteiger partial charge in [-0.1, -0.05) is 26.7 Å². The van der Waals surface area contributed by atoms with E-state index in [1.54, 1.807) is 0 Å². The summed E-state index contributed by atoms with van der Waals surface area (Å²) in [5, 5.41) is 0. The van der Waals surface area contributed by atoms with E-state index in [0.29, 0.717) is 0 Å². The summed E-state index contributed by atoms with van der Waals surface area (Å²) in [6.07, 6.45) is 2.64. The van der Waals surface area contributed by atoms with Crippen LogP contribution in [-0.2, 0) is 0 Å². The first-order valence-corrected chi connectivity index (χ1v) is 1.91. The van der Waals surface area contributed by atoms with E-state index < -0.39 is 0 Å². The van der Waals surface area contributed by atoms with Gasteiger partial charge >= 0.3 is 0 Å². The first-order valence-electron chi connectivity index (χ1n) is 1.91. The third kappa shape index (κ3) is 2.00. The van der Waals surface area contributed by atoms with Gasteiger partial charge in [0.05, 0.1) is 0 Å². The summed E-state index contributed by atoms with van der Waals surface area (Å²) in [4.78, 5) is 0. The Labute approximate surface area is 27.8 Å². The molecule has 0 saturated carbocycles. The molecule has 26 valence electrons. The fourth-order valence-electron chi connectivity index (χ4n) is 0. The Balaban J connectivity index is 1.97. The van der Waals surface area contributed by atoms with Crippen LogP contribution in [-0.4, -0.2) is 0 Å². The lowest BCUT2D eigenvalue weighted by Gasteiger charge is -1.68. The maximum atomic E-state index is 2.18. The highest BCUT2D eigenvalue weighted by Gasteiger charge is 1.56. The molecule has 0 heterocycles. The molecule has 0 aromatic rings. The maximum Gasteiger partial charge on any atom is -0.0564 e. The lowest BCUT2D eigenvalue weighted by atomic mass is 10.6.